The molecule has 0 bridgehead atoms. The van der Waals surface area contributed by atoms with E-state index in [1.807, 2.05) is 6.92 Å². The fourth-order valence-electron chi connectivity index (χ4n) is 2.64. The third kappa shape index (κ3) is 1.06. The van der Waals surface area contributed by atoms with Crippen molar-refractivity contribution in [3.63, 3.8) is 0 Å². The molecule has 0 saturated carbocycles. The van der Waals surface area contributed by atoms with Crippen molar-refractivity contribution in [3.8, 4) is 0 Å². The van der Waals surface area contributed by atoms with E-state index in [0.717, 1.165) is 19.3 Å². The molecule has 3 atom stereocenters. The molecule has 0 spiro atoms. The number of carbonyl (C=O) groups is 2. The smallest absolute Gasteiger partial charge is 0.328 e. The lowest BCUT2D eigenvalue weighted by Crippen LogP contribution is -2.61. The van der Waals surface area contributed by atoms with Gasteiger partial charge in [-0.2, -0.15) is 0 Å². The first-order chi connectivity index (χ1) is 6.70. The Morgan fingerprint density at radius 3 is 2.86 bits per heavy atom. The molecule has 2 aliphatic rings. The van der Waals surface area contributed by atoms with Crippen LogP contribution in [0.25, 0.3) is 0 Å². The Kier molecular flexibility index (Phi) is 2.21. The van der Waals surface area contributed by atoms with Crippen LogP contribution in [0.3, 0.4) is 0 Å². The minimum atomic E-state index is -0.305. The van der Waals surface area contributed by atoms with Crippen molar-refractivity contribution < 1.29 is 14.3 Å². The first-order valence-electron chi connectivity index (χ1n) is 5.10. The third-order valence-electron chi connectivity index (χ3n) is 3.38. The van der Waals surface area contributed by atoms with Crippen molar-refractivity contribution in [2.75, 3.05) is 7.11 Å². The molecule has 0 unspecified atom stereocenters. The van der Waals surface area contributed by atoms with E-state index < -0.39 is 0 Å². The lowest BCUT2D eigenvalue weighted by molar-refractivity contribution is -0.165. The molecule has 0 aliphatic carbocycles. The van der Waals surface area contributed by atoms with Crippen molar-refractivity contribution in [2.24, 2.45) is 5.92 Å². The van der Waals surface area contributed by atoms with E-state index in [1.54, 1.807) is 4.90 Å². The summed E-state index contributed by atoms with van der Waals surface area (Å²) < 4.78 is 4.67. The molecule has 0 aromatic heterocycles. The standard InChI is InChI=1S/C10H15NO3/c1-3-6-7-4-5-8(10(13)14-2)11(7)9(6)12/h6-8H,3-5H2,1-2H3/t6-,7+,8+/m0/s1. The molecule has 78 valence electrons. The van der Waals surface area contributed by atoms with Crippen LogP contribution >= 0.6 is 0 Å². The summed E-state index contributed by atoms with van der Waals surface area (Å²) in [7, 11) is 1.37. The Morgan fingerprint density at radius 2 is 2.29 bits per heavy atom. The van der Waals surface area contributed by atoms with Crippen LogP contribution in [0.4, 0.5) is 0 Å². The van der Waals surface area contributed by atoms with Crippen molar-refractivity contribution in [1.82, 2.24) is 4.90 Å². The predicted molar refractivity (Wildman–Crippen MR) is 49.5 cm³/mol. The Morgan fingerprint density at radius 1 is 1.57 bits per heavy atom. The molecular weight excluding hydrogens is 182 g/mol. The van der Waals surface area contributed by atoms with E-state index >= 15 is 0 Å². The van der Waals surface area contributed by atoms with Gasteiger partial charge in [0.05, 0.1) is 13.0 Å². The highest BCUT2D eigenvalue weighted by molar-refractivity contribution is 5.92. The molecule has 2 fully saturated rings. The van der Waals surface area contributed by atoms with Gasteiger partial charge in [0.2, 0.25) is 5.91 Å². The van der Waals surface area contributed by atoms with Gasteiger partial charge >= 0.3 is 5.97 Å². The lowest BCUT2D eigenvalue weighted by atomic mass is 9.86. The number of nitrogens with zero attached hydrogens (tertiary/aromatic N) is 1. The number of fused-ring (bicyclic) bond motifs is 1. The summed E-state index contributed by atoms with van der Waals surface area (Å²) in [5.74, 6) is 0.0189. The van der Waals surface area contributed by atoms with E-state index in [0.29, 0.717) is 6.04 Å². The number of β-lactam (4-membered cyclic amide) rings is 1. The summed E-state index contributed by atoms with van der Waals surface area (Å²) >= 11 is 0. The molecule has 4 nitrogen and oxygen atoms in total. The summed E-state index contributed by atoms with van der Waals surface area (Å²) in [6.45, 7) is 2.02. The topological polar surface area (TPSA) is 46.6 Å². The average molecular weight is 197 g/mol. The molecule has 2 saturated heterocycles. The van der Waals surface area contributed by atoms with Crippen LogP contribution in [-0.4, -0.2) is 36.0 Å². The van der Waals surface area contributed by atoms with E-state index in [4.69, 9.17) is 0 Å². The van der Waals surface area contributed by atoms with E-state index in [9.17, 15) is 9.59 Å². The molecule has 0 aromatic rings. The van der Waals surface area contributed by atoms with Gasteiger partial charge < -0.3 is 9.64 Å². The van der Waals surface area contributed by atoms with Gasteiger partial charge in [0.25, 0.3) is 0 Å². The predicted octanol–water partition coefficient (Wildman–Crippen LogP) is 0.559. The first kappa shape index (κ1) is 9.49. The molecule has 2 heterocycles. The summed E-state index contributed by atoms with van der Waals surface area (Å²) in [4.78, 5) is 24.7. The highest BCUT2D eigenvalue weighted by Gasteiger charge is 2.55. The summed E-state index contributed by atoms with van der Waals surface area (Å²) in [5.41, 5.74) is 0. The van der Waals surface area contributed by atoms with Gasteiger partial charge in [0, 0.05) is 6.04 Å². The van der Waals surface area contributed by atoms with E-state index in [2.05, 4.69) is 4.74 Å². The first-order valence-corrected chi connectivity index (χ1v) is 5.10. The zero-order valence-corrected chi connectivity index (χ0v) is 8.53. The van der Waals surface area contributed by atoms with E-state index in [-0.39, 0.29) is 23.8 Å². The van der Waals surface area contributed by atoms with Gasteiger partial charge in [0.1, 0.15) is 6.04 Å². The SMILES string of the molecule is CC[C@@H]1C(=O)N2[C@@H](C(=O)OC)CC[C@H]12. The quantitative estimate of drug-likeness (QED) is 0.480. The van der Waals surface area contributed by atoms with Crippen molar-refractivity contribution in [1.29, 1.82) is 0 Å². The average Bonchev–Trinajstić information content (AvgIpc) is 2.57. The zero-order valence-electron chi connectivity index (χ0n) is 8.53. The second-order valence-electron chi connectivity index (χ2n) is 3.94. The molecule has 1 amide bonds. The molecule has 4 heteroatoms. The normalized spacial score (nSPS) is 35.1. The van der Waals surface area contributed by atoms with Gasteiger partial charge in [0.15, 0.2) is 0 Å². The number of amides is 1. The molecule has 0 aromatic carbocycles. The van der Waals surface area contributed by atoms with Gasteiger partial charge in [-0.1, -0.05) is 6.92 Å². The van der Waals surface area contributed by atoms with Crippen LogP contribution in [-0.2, 0) is 14.3 Å². The summed E-state index contributed by atoms with van der Waals surface area (Å²) in [5, 5.41) is 0. The summed E-state index contributed by atoms with van der Waals surface area (Å²) in [6.07, 6.45) is 2.59. The van der Waals surface area contributed by atoms with Crippen molar-refractivity contribution >= 4 is 11.9 Å². The highest BCUT2D eigenvalue weighted by Crippen LogP contribution is 2.41. The minimum absolute atomic E-state index is 0.130. The maximum absolute atomic E-state index is 11.6. The minimum Gasteiger partial charge on any atom is -0.467 e. The van der Waals surface area contributed by atoms with Crippen LogP contribution in [0.2, 0.25) is 0 Å². The Hall–Kier alpha value is -1.06. The monoisotopic (exact) mass is 197 g/mol. The zero-order chi connectivity index (χ0) is 10.3. The van der Waals surface area contributed by atoms with Crippen LogP contribution in [0, 0.1) is 5.92 Å². The lowest BCUT2D eigenvalue weighted by Gasteiger charge is -2.44. The molecule has 2 aliphatic heterocycles. The van der Waals surface area contributed by atoms with Crippen molar-refractivity contribution in [2.45, 2.75) is 38.3 Å². The van der Waals surface area contributed by atoms with E-state index in [1.165, 1.54) is 7.11 Å². The largest absolute Gasteiger partial charge is 0.467 e. The Labute approximate surface area is 83.2 Å². The molecule has 2 rings (SSSR count). The maximum Gasteiger partial charge on any atom is 0.328 e. The number of esters is 1. The number of methoxy groups -OCH3 is 1. The van der Waals surface area contributed by atoms with Gasteiger partial charge in [-0.15, -0.1) is 0 Å². The van der Waals surface area contributed by atoms with Crippen molar-refractivity contribution in [3.05, 3.63) is 0 Å². The second kappa shape index (κ2) is 3.26. The van der Waals surface area contributed by atoms with Crippen LogP contribution in [0.5, 0.6) is 0 Å². The second-order valence-corrected chi connectivity index (χ2v) is 3.94. The highest BCUT2D eigenvalue weighted by atomic mass is 16.5. The molecule has 0 N–H and O–H groups in total. The summed E-state index contributed by atoms with van der Waals surface area (Å²) in [6, 6.07) is -0.00287. The number of hydrogen-bond acceptors (Lipinski definition) is 3. The Bertz CT molecular complexity index is 277. The number of carbonyl (C=O) groups excluding carboxylic acids is 2. The molecular formula is C10H15NO3. The maximum atomic E-state index is 11.6. The fourth-order valence-corrected chi connectivity index (χ4v) is 2.64. The van der Waals surface area contributed by atoms with Crippen LogP contribution in [0.15, 0.2) is 0 Å². The fraction of sp³-hybridized carbons (Fsp3) is 0.800. The third-order valence-corrected chi connectivity index (χ3v) is 3.38. The molecule has 0 radical (unpaired) electrons. The molecule has 14 heavy (non-hydrogen) atoms. The van der Waals surface area contributed by atoms with Crippen LogP contribution < -0.4 is 0 Å². The van der Waals surface area contributed by atoms with Gasteiger partial charge in [-0.05, 0) is 19.3 Å². The number of rotatable bonds is 2. The van der Waals surface area contributed by atoms with Gasteiger partial charge in [-0.25, -0.2) is 4.79 Å². The Balaban J connectivity index is 2.08. The number of ether oxygens (including phenoxy) is 1. The number of hydrogen-bond donors (Lipinski definition) is 0. The van der Waals surface area contributed by atoms with Gasteiger partial charge in [-0.3, -0.25) is 4.79 Å². The van der Waals surface area contributed by atoms with Crippen LogP contribution in [0.1, 0.15) is 26.2 Å².